The van der Waals surface area contributed by atoms with Crippen molar-refractivity contribution in [2.45, 2.75) is 46.2 Å². The van der Waals surface area contributed by atoms with Crippen LogP contribution in [0.15, 0.2) is 0 Å². The molecule has 0 aliphatic carbocycles. The van der Waals surface area contributed by atoms with Crippen LogP contribution in [0.25, 0.3) is 0 Å². The molecule has 1 rings (SSSR count). The van der Waals surface area contributed by atoms with E-state index in [4.69, 9.17) is 0 Å². The average molecular weight is 248 g/mol. The fourth-order valence-corrected chi connectivity index (χ4v) is 3.95. The number of piperazine rings is 1. The average Bonchev–Trinajstić information content (AvgIpc) is 2.13. The van der Waals surface area contributed by atoms with Gasteiger partial charge < -0.3 is 5.32 Å². The van der Waals surface area contributed by atoms with Crippen LogP contribution < -0.4 is 5.32 Å². The van der Waals surface area contributed by atoms with E-state index in [1.165, 1.54) is 0 Å². The van der Waals surface area contributed by atoms with E-state index >= 15 is 0 Å². The highest BCUT2D eigenvalue weighted by atomic mass is 32.2. The van der Waals surface area contributed by atoms with Crippen molar-refractivity contribution in [3.63, 3.8) is 0 Å². The van der Waals surface area contributed by atoms with Crippen molar-refractivity contribution in [1.82, 2.24) is 9.62 Å². The Hall–Kier alpha value is -0.130. The van der Waals surface area contributed by atoms with Crippen molar-refractivity contribution < 1.29 is 8.42 Å². The molecule has 1 N–H and O–H groups in total. The first-order valence-corrected chi connectivity index (χ1v) is 7.66. The van der Waals surface area contributed by atoms with Crippen LogP contribution in [0.2, 0.25) is 0 Å². The summed E-state index contributed by atoms with van der Waals surface area (Å²) in [5.41, 5.74) is 0. The maximum absolute atomic E-state index is 12.1. The van der Waals surface area contributed by atoms with Crippen LogP contribution in [0.5, 0.6) is 0 Å². The summed E-state index contributed by atoms with van der Waals surface area (Å²) in [6.45, 7) is 9.37. The van der Waals surface area contributed by atoms with Crippen LogP contribution in [0.3, 0.4) is 0 Å². The first-order chi connectivity index (χ1) is 7.31. The molecular weight excluding hydrogens is 224 g/mol. The molecule has 0 spiro atoms. The second-order valence-corrected chi connectivity index (χ2v) is 7.37. The van der Waals surface area contributed by atoms with Crippen LogP contribution in [0, 0.1) is 5.92 Å². The Labute approximate surface area is 99.5 Å². The predicted octanol–water partition coefficient (Wildman–Crippen LogP) is 1.04. The van der Waals surface area contributed by atoms with Gasteiger partial charge in [-0.05, 0) is 26.2 Å². The Bertz CT molecular complexity index is 304. The number of hydrogen-bond acceptors (Lipinski definition) is 3. The molecule has 0 aromatic rings. The first-order valence-electron chi connectivity index (χ1n) is 6.05. The molecule has 0 bridgehead atoms. The molecule has 16 heavy (non-hydrogen) atoms. The van der Waals surface area contributed by atoms with Gasteiger partial charge in [-0.3, -0.25) is 0 Å². The van der Waals surface area contributed by atoms with Gasteiger partial charge in [0.15, 0.2) is 0 Å². The topological polar surface area (TPSA) is 49.4 Å². The molecule has 4 nitrogen and oxygen atoms in total. The summed E-state index contributed by atoms with van der Waals surface area (Å²) in [7, 11) is -3.05. The van der Waals surface area contributed by atoms with Gasteiger partial charge in [-0.15, -0.1) is 0 Å². The molecule has 1 heterocycles. The Kier molecular flexibility index (Phi) is 4.76. The monoisotopic (exact) mass is 248 g/mol. The second-order valence-electron chi connectivity index (χ2n) is 5.28. The Morgan fingerprint density at radius 1 is 1.25 bits per heavy atom. The van der Waals surface area contributed by atoms with Crippen molar-refractivity contribution in [3.05, 3.63) is 0 Å². The van der Waals surface area contributed by atoms with Crippen LogP contribution in [-0.2, 0) is 10.0 Å². The fourth-order valence-electron chi connectivity index (χ4n) is 2.02. The van der Waals surface area contributed by atoms with Crippen LogP contribution >= 0.6 is 0 Å². The summed E-state index contributed by atoms with van der Waals surface area (Å²) < 4.78 is 25.8. The maximum atomic E-state index is 12.1. The van der Waals surface area contributed by atoms with Crippen LogP contribution in [0.1, 0.15) is 34.1 Å². The standard InChI is InChI=1S/C11H24N2O2S/c1-9(2)5-6-16(14,15)13-7-10(3)12-11(4)8-13/h9-12H,5-8H2,1-4H3. The molecule has 2 unspecified atom stereocenters. The second kappa shape index (κ2) is 5.47. The zero-order valence-corrected chi connectivity index (χ0v) is 11.5. The minimum absolute atomic E-state index is 0.248. The van der Waals surface area contributed by atoms with Crippen LogP contribution in [0.4, 0.5) is 0 Å². The highest BCUT2D eigenvalue weighted by Gasteiger charge is 2.29. The lowest BCUT2D eigenvalue weighted by Crippen LogP contribution is -2.56. The fraction of sp³-hybridized carbons (Fsp3) is 1.00. The lowest BCUT2D eigenvalue weighted by Gasteiger charge is -2.35. The summed E-state index contributed by atoms with van der Waals surface area (Å²) >= 11 is 0. The number of sulfonamides is 1. The van der Waals surface area contributed by atoms with Crippen molar-refractivity contribution in [2.75, 3.05) is 18.8 Å². The predicted molar refractivity (Wildman–Crippen MR) is 66.9 cm³/mol. The Balaban J connectivity index is 2.60. The lowest BCUT2D eigenvalue weighted by molar-refractivity contribution is 0.262. The van der Waals surface area contributed by atoms with E-state index in [2.05, 4.69) is 19.2 Å². The van der Waals surface area contributed by atoms with Gasteiger partial charge in [0, 0.05) is 25.2 Å². The smallest absolute Gasteiger partial charge is 0.214 e. The molecule has 0 aromatic heterocycles. The first kappa shape index (κ1) is 13.9. The Morgan fingerprint density at radius 2 is 1.75 bits per heavy atom. The van der Waals surface area contributed by atoms with E-state index in [1.54, 1.807) is 4.31 Å². The zero-order chi connectivity index (χ0) is 12.3. The van der Waals surface area contributed by atoms with Gasteiger partial charge in [-0.1, -0.05) is 13.8 Å². The molecule has 0 amide bonds. The third kappa shape index (κ3) is 4.03. The molecular formula is C11H24N2O2S. The maximum Gasteiger partial charge on any atom is 0.214 e. The molecule has 1 fully saturated rings. The summed E-state index contributed by atoms with van der Waals surface area (Å²) in [6, 6.07) is 0.496. The van der Waals surface area contributed by atoms with E-state index < -0.39 is 10.0 Å². The molecule has 96 valence electrons. The minimum atomic E-state index is -3.05. The molecule has 1 aliphatic heterocycles. The van der Waals surface area contributed by atoms with Gasteiger partial charge in [0.1, 0.15) is 0 Å². The molecule has 1 aliphatic rings. The van der Waals surface area contributed by atoms with E-state index in [1.807, 2.05) is 13.8 Å². The van der Waals surface area contributed by atoms with Gasteiger partial charge in [-0.2, -0.15) is 4.31 Å². The summed E-state index contributed by atoms with van der Waals surface area (Å²) in [5.74, 6) is 0.719. The molecule has 0 aromatic carbocycles. The summed E-state index contributed by atoms with van der Waals surface area (Å²) in [6.07, 6.45) is 0.745. The molecule has 0 saturated carbocycles. The molecule has 5 heteroatoms. The number of nitrogens with one attached hydrogen (secondary N) is 1. The third-order valence-electron chi connectivity index (χ3n) is 2.87. The van der Waals surface area contributed by atoms with E-state index in [9.17, 15) is 8.42 Å². The molecule has 2 atom stereocenters. The normalized spacial score (nSPS) is 28.6. The van der Waals surface area contributed by atoms with E-state index in [0.717, 1.165) is 6.42 Å². The van der Waals surface area contributed by atoms with Gasteiger partial charge in [0.25, 0.3) is 0 Å². The van der Waals surface area contributed by atoms with Crippen LogP contribution in [-0.4, -0.2) is 43.6 Å². The SMILES string of the molecule is CC(C)CCS(=O)(=O)N1CC(C)NC(C)C1. The molecule has 0 radical (unpaired) electrons. The summed E-state index contributed by atoms with van der Waals surface area (Å²) in [4.78, 5) is 0. The summed E-state index contributed by atoms with van der Waals surface area (Å²) in [5, 5.41) is 3.34. The van der Waals surface area contributed by atoms with Crippen molar-refractivity contribution in [3.8, 4) is 0 Å². The van der Waals surface area contributed by atoms with Gasteiger partial charge in [0.2, 0.25) is 10.0 Å². The van der Waals surface area contributed by atoms with E-state index in [-0.39, 0.29) is 17.8 Å². The molecule has 1 saturated heterocycles. The zero-order valence-electron chi connectivity index (χ0n) is 10.7. The lowest BCUT2D eigenvalue weighted by atomic mass is 10.2. The van der Waals surface area contributed by atoms with Crippen molar-refractivity contribution in [1.29, 1.82) is 0 Å². The van der Waals surface area contributed by atoms with Crippen molar-refractivity contribution in [2.24, 2.45) is 5.92 Å². The third-order valence-corrected chi connectivity index (χ3v) is 4.71. The van der Waals surface area contributed by atoms with Gasteiger partial charge >= 0.3 is 0 Å². The van der Waals surface area contributed by atoms with Gasteiger partial charge in [0.05, 0.1) is 5.75 Å². The highest BCUT2D eigenvalue weighted by molar-refractivity contribution is 7.89. The number of nitrogens with zero attached hydrogens (tertiary/aromatic N) is 1. The quantitative estimate of drug-likeness (QED) is 0.809. The largest absolute Gasteiger partial charge is 0.309 e. The number of rotatable bonds is 4. The van der Waals surface area contributed by atoms with Gasteiger partial charge in [-0.25, -0.2) is 8.42 Å². The highest BCUT2D eigenvalue weighted by Crippen LogP contribution is 2.13. The number of hydrogen-bond donors (Lipinski definition) is 1. The minimum Gasteiger partial charge on any atom is -0.309 e. The Morgan fingerprint density at radius 3 is 2.19 bits per heavy atom. The van der Waals surface area contributed by atoms with Crippen molar-refractivity contribution >= 4 is 10.0 Å². The van der Waals surface area contributed by atoms with E-state index in [0.29, 0.717) is 19.0 Å².